The van der Waals surface area contributed by atoms with Gasteiger partial charge in [0.05, 0.1) is 0 Å². The molecule has 1 aromatic heterocycles. The molecule has 23 heavy (non-hydrogen) atoms. The maximum Gasteiger partial charge on any atom is 0.106 e. The third-order valence-electron chi connectivity index (χ3n) is 4.46. The zero-order valence-electron chi connectivity index (χ0n) is 15.1. The molecule has 2 aromatic rings. The summed E-state index contributed by atoms with van der Waals surface area (Å²) in [6.45, 7) is 5.59. The molecule has 3 heteroatoms. The molecule has 0 saturated heterocycles. The van der Waals surface area contributed by atoms with Crippen LogP contribution in [0.4, 0.5) is 5.82 Å². The number of aromatic nitrogens is 1. The summed E-state index contributed by atoms with van der Waals surface area (Å²) in [6.07, 6.45) is 8.10. The molecular formula is C20H33N3. The number of aromatic amines is 1. The van der Waals surface area contributed by atoms with Crippen molar-refractivity contribution >= 4 is 16.7 Å². The molecule has 1 aromatic carbocycles. The monoisotopic (exact) mass is 315 g/mol. The molecule has 0 saturated carbocycles. The van der Waals surface area contributed by atoms with Crippen molar-refractivity contribution in [2.75, 3.05) is 38.6 Å². The molecule has 0 spiro atoms. The Morgan fingerprint density at radius 3 is 2.35 bits per heavy atom. The molecular weight excluding hydrogens is 282 g/mol. The average molecular weight is 316 g/mol. The van der Waals surface area contributed by atoms with Gasteiger partial charge in [0.25, 0.3) is 0 Å². The Kier molecular flexibility index (Phi) is 7.47. The lowest BCUT2D eigenvalue weighted by atomic mass is 10.1. The maximum absolute atomic E-state index is 3.59. The summed E-state index contributed by atoms with van der Waals surface area (Å²) in [5.74, 6) is 1.27. The minimum Gasteiger partial charge on any atom is -0.357 e. The highest BCUT2D eigenvalue weighted by Crippen LogP contribution is 2.22. The fraction of sp³-hybridized carbons (Fsp3) is 0.600. The minimum absolute atomic E-state index is 1.08. The van der Waals surface area contributed by atoms with Crippen LogP contribution in [0.1, 0.15) is 45.4 Å². The van der Waals surface area contributed by atoms with Crippen LogP contribution in [0.3, 0.4) is 0 Å². The second-order valence-corrected chi connectivity index (χ2v) is 6.80. The second-order valence-electron chi connectivity index (χ2n) is 6.80. The van der Waals surface area contributed by atoms with Crippen molar-refractivity contribution in [1.82, 2.24) is 9.88 Å². The number of nitrogens with zero attached hydrogens (tertiary/aromatic N) is 2. The smallest absolute Gasteiger partial charge is 0.106 e. The van der Waals surface area contributed by atoms with E-state index < -0.39 is 0 Å². The molecule has 1 N–H and O–H groups in total. The molecule has 3 nitrogen and oxygen atoms in total. The molecule has 1 heterocycles. The summed E-state index contributed by atoms with van der Waals surface area (Å²) in [5, 5.41) is 1.31. The fourth-order valence-electron chi connectivity index (χ4n) is 2.98. The Bertz CT molecular complexity index is 526. The van der Waals surface area contributed by atoms with Gasteiger partial charge in [0.15, 0.2) is 0 Å². The van der Waals surface area contributed by atoms with Gasteiger partial charge in [0.1, 0.15) is 5.82 Å². The number of anilines is 1. The Balaban J connectivity index is 1.93. The first kappa shape index (κ1) is 17.9. The highest BCUT2D eigenvalue weighted by atomic mass is 15.2. The zero-order chi connectivity index (χ0) is 16.5. The van der Waals surface area contributed by atoms with E-state index in [-0.39, 0.29) is 0 Å². The lowest BCUT2D eigenvalue weighted by Crippen LogP contribution is -2.32. The van der Waals surface area contributed by atoms with Gasteiger partial charge < -0.3 is 14.8 Å². The second kappa shape index (κ2) is 9.61. The van der Waals surface area contributed by atoms with Crippen molar-refractivity contribution < 1.29 is 0 Å². The van der Waals surface area contributed by atoms with Gasteiger partial charge in [0.2, 0.25) is 0 Å². The Hall–Kier alpha value is -1.48. The molecule has 0 radical (unpaired) electrons. The van der Waals surface area contributed by atoms with Crippen LogP contribution in [0.2, 0.25) is 0 Å². The van der Waals surface area contributed by atoms with Crippen molar-refractivity contribution in [2.24, 2.45) is 0 Å². The van der Waals surface area contributed by atoms with Crippen molar-refractivity contribution in [3.63, 3.8) is 0 Å². The molecule has 0 amide bonds. The first-order chi connectivity index (χ1) is 11.2. The van der Waals surface area contributed by atoms with Crippen LogP contribution in [0.15, 0.2) is 30.3 Å². The van der Waals surface area contributed by atoms with Crippen molar-refractivity contribution in [3.8, 4) is 0 Å². The highest BCUT2D eigenvalue weighted by Gasteiger charge is 2.10. The summed E-state index contributed by atoms with van der Waals surface area (Å²) in [6, 6.07) is 10.8. The third-order valence-corrected chi connectivity index (χ3v) is 4.46. The van der Waals surface area contributed by atoms with E-state index in [9.17, 15) is 0 Å². The first-order valence-electron chi connectivity index (χ1n) is 9.18. The number of para-hydroxylation sites is 1. The van der Waals surface area contributed by atoms with Gasteiger partial charge >= 0.3 is 0 Å². The third kappa shape index (κ3) is 5.91. The molecule has 0 atom stereocenters. The largest absolute Gasteiger partial charge is 0.357 e. The van der Waals surface area contributed by atoms with Crippen molar-refractivity contribution in [1.29, 1.82) is 0 Å². The van der Waals surface area contributed by atoms with E-state index in [2.05, 4.69) is 66.1 Å². The predicted octanol–water partition coefficient (Wildman–Crippen LogP) is 4.90. The molecule has 0 unspecified atom stereocenters. The lowest BCUT2D eigenvalue weighted by Gasteiger charge is -2.25. The van der Waals surface area contributed by atoms with Gasteiger partial charge in [-0.2, -0.15) is 0 Å². The van der Waals surface area contributed by atoms with Crippen LogP contribution >= 0.6 is 0 Å². The Labute approximate surface area is 141 Å². The average Bonchev–Trinajstić information content (AvgIpc) is 2.97. The van der Waals surface area contributed by atoms with Crippen LogP contribution in [-0.4, -0.2) is 43.6 Å². The van der Waals surface area contributed by atoms with Crippen molar-refractivity contribution in [3.05, 3.63) is 30.3 Å². The van der Waals surface area contributed by atoms with E-state index in [0.717, 1.165) is 19.6 Å². The number of likely N-dealkylation sites (N-methyl/N-ethyl adjacent to an activating group) is 1. The lowest BCUT2D eigenvalue weighted by molar-refractivity contribution is 0.411. The van der Waals surface area contributed by atoms with E-state index in [1.165, 1.54) is 55.2 Å². The number of hydrogen-bond donors (Lipinski definition) is 1. The topological polar surface area (TPSA) is 22.3 Å². The van der Waals surface area contributed by atoms with E-state index in [1.54, 1.807) is 0 Å². The molecule has 0 aliphatic carbocycles. The Morgan fingerprint density at radius 1 is 0.870 bits per heavy atom. The normalized spacial score (nSPS) is 11.5. The summed E-state index contributed by atoms with van der Waals surface area (Å²) >= 11 is 0. The van der Waals surface area contributed by atoms with Gasteiger partial charge in [-0.1, -0.05) is 57.2 Å². The van der Waals surface area contributed by atoms with Crippen LogP contribution in [0, 0.1) is 0 Å². The van der Waals surface area contributed by atoms with Gasteiger partial charge in [-0.25, -0.2) is 0 Å². The SMILES string of the molecule is CCCCCCCCN(CCN(C)C)c1cc2ccccc2[nH]1. The van der Waals surface area contributed by atoms with Crippen LogP contribution in [-0.2, 0) is 0 Å². The highest BCUT2D eigenvalue weighted by molar-refractivity contribution is 5.83. The van der Waals surface area contributed by atoms with E-state index in [1.807, 2.05) is 0 Å². The summed E-state index contributed by atoms with van der Waals surface area (Å²) in [7, 11) is 4.29. The molecule has 128 valence electrons. The van der Waals surface area contributed by atoms with E-state index in [0.29, 0.717) is 0 Å². The summed E-state index contributed by atoms with van der Waals surface area (Å²) in [4.78, 5) is 8.36. The zero-order valence-corrected chi connectivity index (χ0v) is 15.1. The molecule has 2 rings (SSSR count). The number of hydrogen-bond acceptors (Lipinski definition) is 2. The summed E-state index contributed by atoms with van der Waals surface area (Å²) < 4.78 is 0. The fourth-order valence-corrected chi connectivity index (χ4v) is 2.98. The van der Waals surface area contributed by atoms with E-state index in [4.69, 9.17) is 0 Å². The van der Waals surface area contributed by atoms with Crippen molar-refractivity contribution in [2.45, 2.75) is 45.4 Å². The first-order valence-corrected chi connectivity index (χ1v) is 9.18. The molecule has 0 aliphatic heterocycles. The summed E-state index contributed by atoms with van der Waals surface area (Å²) in [5.41, 5.74) is 1.24. The minimum atomic E-state index is 1.08. The number of fused-ring (bicyclic) bond motifs is 1. The quantitative estimate of drug-likeness (QED) is 0.596. The predicted molar refractivity (Wildman–Crippen MR) is 102 cm³/mol. The van der Waals surface area contributed by atoms with Crippen LogP contribution in [0.5, 0.6) is 0 Å². The Morgan fingerprint density at radius 2 is 1.61 bits per heavy atom. The van der Waals surface area contributed by atoms with Gasteiger partial charge in [-0.3, -0.25) is 0 Å². The number of nitrogens with one attached hydrogen (secondary N) is 1. The molecule has 0 aliphatic rings. The molecule has 0 fully saturated rings. The number of rotatable bonds is 11. The van der Waals surface area contributed by atoms with Gasteiger partial charge in [-0.15, -0.1) is 0 Å². The van der Waals surface area contributed by atoms with Gasteiger partial charge in [-0.05, 0) is 32.6 Å². The number of unbranched alkanes of at least 4 members (excludes halogenated alkanes) is 5. The number of H-pyrrole nitrogens is 1. The van der Waals surface area contributed by atoms with Crippen LogP contribution < -0.4 is 4.90 Å². The van der Waals surface area contributed by atoms with E-state index >= 15 is 0 Å². The standard InChI is InChI=1S/C20H33N3/c1-4-5-6-7-8-11-14-23(16-15-22(2)3)20-17-18-12-9-10-13-19(18)21-20/h9-10,12-13,17,21H,4-8,11,14-16H2,1-3H3. The number of benzene rings is 1. The maximum atomic E-state index is 3.59. The van der Waals surface area contributed by atoms with Gasteiger partial charge in [0, 0.05) is 30.5 Å². The van der Waals surface area contributed by atoms with Crippen LogP contribution in [0.25, 0.3) is 10.9 Å². The molecule has 0 bridgehead atoms.